The van der Waals surface area contributed by atoms with Gasteiger partial charge >= 0.3 is 0 Å². The summed E-state index contributed by atoms with van der Waals surface area (Å²) in [7, 11) is 1.64. The van der Waals surface area contributed by atoms with E-state index < -0.39 is 12.1 Å². The number of aromatic amines is 1. The molecule has 4 atom stereocenters. The highest BCUT2D eigenvalue weighted by atomic mass is 32.2. The number of nitroso groups, excluding NO2 is 1. The van der Waals surface area contributed by atoms with Crippen LogP contribution in [0, 0.1) is 4.91 Å². The van der Waals surface area contributed by atoms with E-state index in [1.54, 1.807) is 7.11 Å². The highest BCUT2D eigenvalue weighted by molar-refractivity contribution is 8.00. The molecule has 6 nitrogen and oxygen atoms in total. The van der Waals surface area contributed by atoms with Crippen LogP contribution in [-0.4, -0.2) is 46.3 Å². The van der Waals surface area contributed by atoms with Gasteiger partial charge in [0.2, 0.25) is 0 Å². The SMILES string of the molecule is CCc1ccc(Cc2c[nH]c3cc(COC)c(C4S[C@H](CO)CC(O)[C@H]4N=O)cc23)cc1. The molecule has 170 valence electrons. The molecule has 2 aromatic carbocycles. The minimum Gasteiger partial charge on any atom is -0.395 e. The maximum atomic E-state index is 11.7. The smallest absolute Gasteiger partial charge is 0.134 e. The van der Waals surface area contributed by atoms with E-state index in [4.69, 9.17) is 4.74 Å². The summed E-state index contributed by atoms with van der Waals surface area (Å²) in [5.74, 6) is 0. The van der Waals surface area contributed by atoms with Gasteiger partial charge in [-0.2, -0.15) is 4.91 Å². The number of hydrogen-bond donors (Lipinski definition) is 3. The van der Waals surface area contributed by atoms with Crippen molar-refractivity contribution in [1.82, 2.24) is 4.98 Å². The Morgan fingerprint density at radius 2 is 1.94 bits per heavy atom. The Morgan fingerprint density at radius 1 is 1.19 bits per heavy atom. The fourth-order valence-corrected chi connectivity index (χ4v) is 6.11. The third kappa shape index (κ3) is 4.62. The van der Waals surface area contributed by atoms with Crippen molar-refractivity contribution in [3.8, 4) is 0 Å². The highest BCUT2D eigenvalue weighted by Gasteiger charge is 2.40. The minimum absolute atomic E-state index is 0.0468. The van der Waals surface area contributed by atoms with Gasteiger partial charge < -0.3 is 19.9 Å². The third-order valence-electron chi connectivity index (χ3n) is 6.33. The molecular weight excluding hydrogens is 424 g/mol. The van der Waals surface area contributed by atoms with Crippen LogP contribution in [0.2, 0.25) is 0 Å². The monoisotopic (exact) mass is 454 g/mol. The molecule has 32 heavy (non-hydrogen) atoms. The van der Waals surface area contributed by atoms with E-state index in [0.717, 1.165) is 34.9 Å². The van der Waals surface area contributed by atoms with Crippen LogP contribution >= 0.6 is 11.8 Å². The molecule has 0 saturated carbocycles. The largest absolute Gasteiger partial charge is 0.395 e. The lowest BCUT2D eigenvalue weighted by atomic mass is 9.92. The van der Waals surface area contributed by atoms with E-state index in [2.05, 4.69) is 53.5 Å². The van der Waals surface area contributed by atoms with Gasteiger partial charge in [-0.3, -0.25) is 0 Å². The second kappa shape index (κ2) is 10.2. The van der Waals surface area contributed by atoms with Gasteiger partial charge in [0.05, 0.1) is 24.6 Å². The van der Waals surface area contributed by atoms with E-state index in [0.29, 0.717) is 13.0 Å². The first-order valence-electron chi connectivity index (χ1n) is 11.0. The van der Waals surface area contributed by atoms with Crippen LogP contribution in [0.3, 0.4) is 0 Å². The molecule has 0 amide bonds. The molecule has 0 aliphatic carbocycles. The molecule has 7 heteroatoms. The Labute approximate surface area is 192 Å². The lowest BCUT2D eigenvalue weighted by molar-refractivity contribution is 0.118. The number of nitrogens with one attached hydrogen (secondary N) is 1. The van der Waals surface area contributed by atoms with Crippen molar-refractivity contribution in [3.05, 3.63) is 75.3 Å². The van der Waals surface area contributed by atoms with Crippen LogP contribution in [0.5, 0.6) is 0 Å². The van der Waals surface area contributed by atoms with E-state index >= 15 is 0 Å². The molecular formula is C25H30N2O4S. The number of H-pyrrole nitrogens is 1. The van der Waals surface area contributed by atoms with E-state index in [-0.39, 0.29) is 17.1 Å². The Balaban J connectivity index is 1.75. The number of thioether (sulfide) groups is 1. The van der Waals surface area contributed by atoms with E-state index in [1.807, 2.05) is 6.20 Å². The zero-order chi connectivity index (χ0) is 22.7. The summed E-state index contributed by atoms with van der Waals surface area (Å²) in [6, 6.07) is 12.1. The zero-order valence-corrected chi connectivity index (χ0v) is 19.3. The van der Waals surface area contributed by atoms with Crippen LogP contribution in [0.4, 0.5) is 0 Å². The molecule has 1 fully saturated rings. The normalized spacial score (nSPS) is 23.5. The number of aryl methyl sites for hydroxylation is 1. The Kier molecular flexibility index (Phi) is 7.30. The van der Waals surface area contributed by atoms with Gasteiger partial charge in [0.15, 0.2) is 0 Å². The molecule has 2 unspecified atom stereocenters. The minimum atomic E-state index is -0.871. The first kappa shape index (κ1) is 23.0. The molecule has 3 N–H and O–H groups in total. The van der Waals surface area contributed by atoms with Gasteiger partial charge in [0, 0.05) is 29.5 Å². The number of aliphatic hydroxyl groups excluding tert-OH is 2. The van der Waals surface area contributed by atoms with Crippen molar-refractivity contribution in [2.75, 3.05) is 13.7 Å². The summed E-state index contributed by atoms with van der Waals surface area (Å²) < 4.78 is 5.44. The maximum absolute atomic E-state index is 11.7. The van der Waals surface area contributed by atoms with Gasteiger partial charge in [0.1, 0.15) is 6.04 Å². The summed E-state index contributed by atoms with van der Waals surface area (Å²) in [5, 5.41) is 24.1. The molecule has 1 aliphatic heterocycles. The first-order chi connectivity index (χ1) is 15.6. The molecule has 1 aromatic heterocycles. The van der Waals surface area contributed by atoms with Crippen LogP contribution < -0.4 is 0 Å². The van der Waals surface area contributed by atoms with Crippen molar-refractivity contribution >= 4 is 22.7 Å². The van der Waals surface area contributed by atoms with Gasteiger partial charge in [-0.1, -0.05) is 36.4 Å². The number of methoxy groups -OCH3 is 1. The van der Waals surface area contributed by atoms with Crippen LogP contribution in [0.25, 0.3) is 10.9 Å². The molecule has 1 aliphatic rings. The summed E-state index contributed by atoms with van der Waals surface area (Å²) in [6.07, 6.45) is 3.34. The van der Waals surface area contributed by atoms with Crippen molar-refractivity contribution in [2.45, 2.75) is 55.4 Å². The van der Waals surface area contributed by atoms with Gasteiger partial charge in [-0.05, 0) is 59.2 Å². The van der Waals surface area contributed by atoms with E-state index in [1.165, 1.54) is 28.5 Å². The van der Waals surface area contributed by atoms with Crippen LogP contribution in [0.1, 0.15) is 46.4 Å². The van der Waals surface area contributed by atoms with Crippen molar-refractivity contribution in [3.63, 3.8) is 0 Å². The Morgan fingerprint density at radius 3 is 2.59 bits per heavy atom. The second-order valence-electron chi connectivity index (χ2n) is 8.45. The molecule has 0 bridgehead atoms. The Bertz CT molecular complexity index is 1070. The van der Waals surface area contributed by atoms with Gasteiger partial charge in [-0.25, -0.2) is 0 Å². The van der Waals surface area contributed by atoms with Crippen LogP contribution in [0.15, 0.2) is 47.8 Å². The predicted octanol–water partition coefficient (Wildman–Crippen LogP) is 4.50. The summed E-state index contributed by atoms with van der Waals surface area (Å²) in [4.78, 5) is 15.0. The first-order valence-corrected chi connectivity index (χ1v) is 12.0. The second-order valence-corrected chi connectivity index (χ2v) is 9.90. The third-order valence-corrected chi connectivity index (χ3v) is 7.89. The van der Waals surface area contributed by atoms with Gasteiger partial charge in [-0.15, -0.1) is 11.8 Å². The number of aliphatic hydroxyl groups is 2. The topological polar surface area (TPSA) is 94.9 Å². The molecule has 0 spiro atoms. The fraction of sp³-hybridized carbons (Fsp3) is 0.440. The molecule has 4 rings (SSSR count). The lowest BCUT2D eigenvalue weighted by Crippen LogP contribution is -2.38. The fourth-order valence-electron chi connectivity index (χ4n) is 4.55. The average Bonchev–Trinajstić information content (AvgIpc) is 3.20. The summed E-state index contributed by atoms with van der Waals surface area (Å²) in [6.45, 7) is 2.49. The van der Waals surface area contributed by atoms with Gasteiger partial charge in [0.25, 0.3) is 0 Å². The molecule has 0 radical (unpaired) electrons. The van der Waals surface area contributed by atoms with Crippen molar-refractivity contribution < 1.29 is 14.9 Å². The predicted molar refractivity (Wildman–Crippen MR) is 129 cm³/mol. The molecule has 2 heterocycles. The van der Waals surface area contributed by atoms with Crippen LogP contribution in [-0.2, 0) is 24.2 Å². The molecule has 1 saturated heterocycles. The number of hydrogen-bond acceptors (Lipinski definition) is 6. The summed E-state index contributed by atoms with van der Waals surface area (Å²) >= 11 is 1.52. The number of aromatic nitrogens is 1. The number of fused-ring (bicyclic) bond motifs is 1. The number of nitrogens with zero attached hydrogens (tertiary/aromatic N) is 1. The quantitative estimate of drug-likeness (QED) is 0.436. The van der Waals surface area contributed by atoms with E-state index in [9.17, 15) is 15.1 Å². The summed E-state index contributed by atoms with van der Waals surface area (Å²) in [5.41, 5.74) is 6.63. The number of ether oxygens (including phenoxy) is 1. The lowest BCUT2D eigenvalue weighted by Gasteiger charge is -2.36. The van der Waals surface area contributed by atoms with Crippen molar-refractivity contribution in [1.29, 1.82) is 0 Å². The van der Waals surface area contributed by atoms with Crippen molar-refractivity contribution in [2.24, 2.45) is 5.18 Å². The molecule has 3 aromatic rings. The maximum Gasteiger partial charge on any atom is 0.134 e. The average molecular weight is 455 g/mol. The standard InChI is InChI=1S/C25H30N2O4S/c1-3-15-4-6-16(7-5-15)8-17-12-26-22-9-18(14-31-2)21(11-20(17)22)25-24(27-30)23(29)10-19(13-28)32-25/h4-7,9,11-12,19,23-26,28-29H,3,8,10,13-14H2,1-2H3/t19-,23?,24+,25?/m0/s1. The zero-order valence-electron chi connectivity index (χ0n) is 18.5. The Hall–Kier alpha value is -2.19. The highest BCUT2D eigenvalue weighted by Crippen LogP contribution is 2.46. The number of benzene rings is 2. The number of rotatable bonds is 8.